The van der Waals surface area contributed by atoms with Gasteiger partial charge in [-0.3, -0.25) is 4.99 Å². The van der Waals surface area contributed by atoms with Gasteiger partial charge in [0.1, 0.15) is 5.82 Å². The van der Waals surface area contributed by atoms with E-state index in [1.165, 1.54) is 30.7 Å². The van der Waals surface area contributed by atoms with Gasteiger partial charge in [0.05, 0.1) is 0 Å². The Morgan fingerprint density at radius 1 is 1.14 bits per heavy atom. The maximum atomic E-state index is 13.1. The first-order valence-electron chi connectivity index (χ1n) is 10.1. The molecule has 5 heteroatoms. The van der Waals surface area contributed by atoms with Gasteiger partial charge in [0, 0.05) is 40.3 Å². The molecule has 2 aromatic carbocycles. The second-order valence-electron chi connectivity index (χ2n) is 7.60. The Labute approximate surface area is 168 Å². The lowest BCUT2D eigenvalue weighted by molar-refractivity contribution is 0.327. The fraction of sp³-hybridized carbons (Fsp3) is 0.435. The van der Waals surface area contributed by atoms with Crippen molar-refractivity contribution in [3.05, 3.63) is 71.5 Å². The molecule has 0 amide bonds. The highest BCUT2D eigenvalue weighted by Crippen LogP contribution is 2.16. The number of aliphatic imine (C=N–C) groups is 1. The lowest BCUT2D eigenvalue weighted by atomic mass is 10.1. The van der Waals surface area contributed by atoms with Crippen molar-refractivity contribution in [1.82, 2.24) is 15.1 Å². The second-order valence-corrected chi connectivity index (χ2v) is 7.60. The molecule has 1 unspecified atom stereocenters. The topological polar surface area (TPSA) is 30.9 Å². The van der Waals surface area contributed by atoms with Gasteiger partial charge >= 0.3 is 0 Å². The zero-order chi connectivity index (χ0) is 19.8. The van der Waals surface area contributed by atoms with Crippen molar-refractivity contribution in [2.24, 2.45) is 10.9 Å². The molecular weight excluding hydrogens is 351 g/mol. The number of benzene rings is 2. The average molecular weight is 383 g/mol. The fourth-order valence-corrected chi connectivity index (χ4v) is 3.77. The van der Waals surface area contributed by atoms with E-state index in [9.17, 15) is 4.39 Å². The molecular formula is C23H31FN4. The molecule has 1 aliphatic rings. The minimum atomic E-state index is -0.202. The lowest BCUT2D eigenvalue weighted by Crippen LogP contribution is -2.41. The first kappa shape index (κ1) is 20.3. The summed E-state index contributed by atoms with van der Waals surface area (Å²) in [4.78, 5) is 9.04. The number of hydrogen-bond acceptors (Lipinski definition) is 2. The summed E-state index contributed by atoms with van der Waals surface area (Å²) in [7, 11) is 3.82. The lowest BCUT2D eigenvalue weighted by Gasteiger charge is -2.24. The predicted octanol–water partition coefficient (Wildman–Crippen LogP) is 3.40. The molecule has 1 fully saturated rings. The summed E-state index contributed by atoms with van der Waals surface area (Å²) in [6.07, 6.45) is 2.34. The highest BCUT2D eigenvalue weighted by Gasteiger charge is 2.22. The van der Waals surface area contributed by atoms with E-state index < -0.39 is 0 Å². The average Bonchev–Trinajstić information content (AvgIpc) is 3.17. The summed E-state index contributed by atoms with van der Waals surface area (Å²) in [6, 6.07) is 17.3. The van der Waals surface area contributed by atoms with Crippen LogP contribution in [-0.4, -0.2) is 56.0 Å². The standard InChI is InChI=1S/C23H31FN4/c1-25-23(27(2)17-20-8-10-22(24)11-9-20)26-16-21-13-15-28(18-21)14-12-19-6-4-3-5-7-19/h3-11,21H,12-18H2,1-2H3,(H,25,26). The monoisotopic (exact) mass is 382 g/mol. The Balaban J connectivity index is 1.40. The van der Waals surface area contributed by atoms with E-state index in [-0.39, 0.29) is 5.82 Å². The maximum absolute atomic E-state index is 13.1. The van der Waals surface area contributed by atoms with Gasteiger partial charge in [0.25, 0.3) is 0 Å². The molecule has 0 saturated carbocycles. The smallest absolute Gasteiger partial charge is 0.193 e. The minimum absolute atomic E-state index is 0.202. The van der Waals surface area contributed by atoms with Crippen molar-refractivity contribution >= 4 is 5.96 Å². The molecule has 0 spiro atoms. The third kappa shape index (κ3) is 6.06. The number of hydrogen-bond donors (Lipinski definition) is 1. The van der Waals surface area contributed by atoms with E-state index in [4.69, 9.17) is 0 Å². The van der Waals surface area contributed by atoms with E-state index in [2.05, 4.69) is 50.4 Å². The summed E-state index contributed by atoms with van der Waals surface area (Å²) >= 11 is 0. The Bertz CT molecular complexity index is 745. The SMILES string of the molecule is CN=C(NCC1CCN(CCc2ccccc2)C1)N(C)Cc1ccc(F)cc1. The Kier molecular flexibility index (Phi) is 7.43. The number of nitrogens with zero attached hydrogens (tertiary/aromatic N) is 3. The van der Waals surface area contributed by atoms with Gasteiger partial charge in [-0.05, 0) is 48.6 Å². The number of guanidine groups is 1. The van der Waals surface area contributed by atoms with Crippen LogP contribution in [0.2, 0.25) is 0 Å². The molecule has 1 saturated heterocycles. The molecule has 150 valence electrons. The van der Waals surface area contributed by atoms with Crippen LogP contribution in [0.15, 0.2) is 59.6 Å². The van der Waals surface area contributed by atoms with Crippen LogP contribution < -0.4 is 5.32 Å². The van der Waals surface area contributed by atoms with Crippen molar-refractivity contribution in [3.63, 3.8) is 0 Å². The van der Waals surface area contributed by atoms with Crippen molar-refractivity contribution in [2.75, 3.05) is 40.3 Å². The van der Waals surface area contributed by atoms with Crippen LogP contribution >= 0.6 is 0 Å². The molecule has 1 aliphatic heterocycles. The molecule has 28 heavy (non-hydrogen) atoms. The molecule has 1 heterocycles. The summed E-state index contributed by atoms with van der Waals surface area (Å²) in [5, 5.41) is 3.51. The second kappa shape index (κ2) is 10.2. The van der Waals surface area contributed by atoms with Crippen LogP contribution in [0.3, 0.4) is 0 Å². The van der Waals surface area contributed by atoms with Crippen LogP contribution in [0.1, 0.15) is 17.5 Å². The van der Waals surface area contributed by atoms with E-state index >= 15 is 0 Å². The molecule has 2 aromatic rings. The Morgan fingerprint density at radius 3 is 2.61 bits per heavy atom. The normalized spacial score (nSPS) is 17.7. The van der Waals surface area contributed by atoms with Crippen LogP contribution in [0.4, 0.5) is 4.39 Å². The number of halogens is 1. The van der Waals surface area contributed by atoms with Gasteiger partial charge < -0.3 is 15.1 Å². The highest BCUT2D eigenvalue weighted by molar-refractivity contribution is 5.79. The van der Waals surface area contributed by atoms with Crippen molar-refractivity contribution in [1.29, 1.82) is 0 Å². The number of rotatable bonds is 7. The van der Waals surface area contributed by atoms with Crippen LogP contribution in [-0.2, 0) is 13.0 Å². The summed E-state index contributed by atoms with van der Waals surface area (Å²) in [6.45, 7) is 5.07. The van der Waals surface area contributed by atoms with Gasteiger partial charge in [0.2, 0.25) is 0 Å². The van der Waals surface area contributed by atoms with Crippen molar-refractivity contribution in [2.45, 2.75) is 19.4 Å². The van der Waals surface area contributed by atoms with E-state index in [1.807, 2.05) is 26.2 Å². The van der Waals surface area contributed by atoms with E-state index in [1.54, 1.807) is 0 Å². The molecule has 0 aromatic heterocycles. The van der Waals surface area contributed by atoms with Gasteiger partial charge in [-0.15, -0.1) is 0 Å². The van der Waals surface area contributed by atoms with Gasteiger partial charge in [-0.2, -0.15) is 0 Å². The summed E-state index contributed by atoms with van der Waals surface area (Å²) < 4.78 is 13.1. The molecule has 4 nitrogen and oxygen atoms in total. The van der Waals surface area contributed by atoms with Crippen LogP contribution in [0, 0.1) is 11.7 Å². The largest absolute Gasteiger partial charge is 0.356 e. The molecule has 0 aliphatic carbocycles. The third-order valence-corrected chi connectivity index (χ3v) is 5.38. The minimum Gasteiger partial charge on any atom is -0.356 e. The van der Waals surface area contributed by atoms with E-state index in [0.29, 0.717) is 12.5 Å². The molecule has 0 radical (unpaired) electrons. The molecule has 1 N–H and O–H groups in total. The quantitative estimate of drug-likeness (QED) is 0.588. The molecule has 0 bridgehead atoms. The Hall–Kier alpha value is -2.40. The summed E-state index contributed by atoms with van der Waals surface area (Å²) in [5.41, 5.74) is 2.48. The summed E-state index contributed by atoms with van der Waals surface area (Å²) in [5.74, 6) is 1.32. The van der Waals surface area contributed by atoms with Crippen LogP contribution in [0.25, 0.3) is 0 Å². The first-order chi connectivity index (χ1) is 13.6. The number of likely N-dealkylation sites (tertiary alicyclic amines) is 1. The Morgan fingerprint density at radius 2 is 1.89 bits per heavy atom. The first-order valence-corrected chi connectivity index (χ1v) is 10.1. The highest BCUT2D eigenvalue weighted by atomic mass is 19.1. The third-order valence-electron chi connectivity index (χ3n) is 5.38. The van der Waals surface area contributed by atoms with Crippen molar-refractivity contribution in [3.8, 4) is 0 Å². The van der Waals surface area contributed by atoms with Crippen LogP contribution in [0.5, 0.6) is 0 Å². The van der Waals surface area contributed by atoms with E-state index in [0.717, 1.165) is 37.6 Å². The zero-order valence-corrected chi connectivity index (χ0v) is 16.9. The van der Waals surface area contributed by atoms with Crippen molar-refractivity contribution < 1.29 is 4.39 Å². The van der Waals surface area contributed by atoms with Gasteiger partial charge in [0.15, 0.2) is 5.96 Å². The van der Waals surface area contributed by atoms with Gasteiger partial charge in [-0.25, -0.2) is 4.39 Å². The molecule has 3 rings (SSSR count). The number of nitrogens with one attached hydrogen (secondary N) is 1. The molecule has 1 atom stereocenters. The fourth-order valence-electron chi connectivity index (χ4n) is 3.77. The van der Waals surface area contributed by atoms with Gasteiger partial charge in [-0.1, -0.05) is 42.5 Å². The maximum Gasteiger partial charge on any atom is 0.193 e. The zero-order valence-electron chi connectivity index (χ0n) is 16.9. The predicted molar refractivity (Wildman–Crippen MR) is 114 cm³/mol.